The number of aliphatic hydroxyl groups excluding tert-OH is 25. The number of aliphatic hydroxyl groups is 25. The molecular formula is C82H134O44. The Morgan fingerprint density at radius 3 is 1.41 bits per heavy atom. The van der Waals surface area contributed by atoms with Gasteiger partial charge in [0.15, 0.2) is 50.3 Å². The molecule has 4 saturated carbocycles. The molecule has 0 bridgehead atoms. The minimum Gasteiger partial charge on any atom is -0.432 e. The molecule has 0 aromatic heterocycles. The van der Waals surface area contributed by atoms with Gasteiger partial charge in [0, 0.05) is 0 Å². The van der Waals surface area contributed by atoms with Gasteiger partial charge in [0.25, 0.3) is 0 Å². The van der Waals surface area contributed by atoms with E-state index in [2.05, 4.69) is 40.7 Å². The first-order valence-corrected chi connectivity index (χ1v) is 43.9. The van der Waals surface area contributed by atoms with Crippen LogP contribution in [0.3, 0.4) is 0 Å². The SMILES string of the molecule is CC1OC(OCC2OC(OCC3OC(OC4COC(OC5C(O)C(C)OC(OC6C(OC7CCC8(C)C(CCC9(C)C8CC=C8C%10CC(C)(C)C(O)CC%10(C(=O)OC%10OC(COC%11OC(CO)C(OC%12OC(C)C(O)C(O)C%12O)C(O)C%11O)C(O)C(O)C%10O)CCC89C)C7(C)C)OCC(O)C6O)C5O)C(O)C4O)C(O)C(O)C3O)C(O)C(O)C2O)C(O)C(O)C1O. The topological polar surface area (TPSA) is 689 Å². The van der Waals surface area contributed by atoms with E-state index in [1.807, 2.05) is 13.8 Å². The molecule has 52 unspecified atom stereocenters. The third-order valence-corrected chi connectivity index (χ3v) is 31.2. The molecule has 0 aromatic rings. The average molecular weight is 1820 g/mol. The average Bonchev–Trinajstić information content (AvgIpc) is 0.671. The number of allylic oxidation sites excluding steroid dienone is 2. The van der Waals surface area contributed by atoms with Crippen molar-refractivity contribution >= 4 is 5.97 Å². The minimum atomic E-state index is -2.07. The first kappa shape index (κ1) is 99.5. The third-order valence-electron chi connectivity index (χ3n) is 31.2. The van der Waals surface area contributed by atoms with Gasteiger partial charge < -0.3 is 213 Å². The molecule has 14 rings (SSSR count). The molecule has 25 N–H and O–H groups in total. The second-order valence-electron chi connectivity index (χ2n) is 39.5. The van der Waals surface area contributed by atoms with Gasteiger partial charge in [0.2, 0.25) is 6.29 Å². The molecular weight excluding hydrogens is 1690 g/mol. The summed E-state index contributed by atoms with van der Waals surface area (Å²) in [5.74, 6) is -1.28. The van der Waals surface area contributed by atoms with E-state index in [-0.39, 0.29) is 30.1 Å². The van der Waals surface area contributed by atoms with Crippen molar-refractivity contribution in [1.82, 2.24) is 0 Å². The number of carbonyl (C=O) groups excluding carboxylic acids is 1. The Labute approximate surface area is 726 Å². The maximum atomic E-state index is 15.5. The number of carbonyl (C=O) groups is 1. The van der Waals surface area contributed by atoms with Crippen LogP contribution in [0.2, 0.25) is 0 Å². The van der Waals surface area contributed by atoms with Crippen LogP contribution in [0.1, 0.15) is 127 Å². The smallest absolute Gasteiger partial charge is 0.315 e. The fourth-order valence-electron chi connectivity index (χ4n) is 22.9. The summed E-state index contributed by atoms with van der Waals surface area (Å²) < 4.78 is 106. The Balaban J connectivity index is 0.594. The highest BCUT2D eigenvalue weighted by atomic mass is 16.8. The van der Waals surface area contributed by atoms with Gasteiger partial charge in [-0.25, -0.2) is 0 Å². The van der Waals surface area contributed by atoms with Crippen molar-refractivity contribution in [1.29, 1.82) is 0 Å². The number of hydrogen-bond acceptors (Lipinski definition) is 44. The van der Waals surface area contributed by atoms with E-state index < -0.39 is 355 Å². The molecule has 126 heavy (non-hydrogen) atoms. The van der Waals surface area contributed by atoms with E-state index in [4.69, 9.17) is 85.3 Å². The molecule has 9 aliphatic heterocycles. The van der Waals surface area contributed by atoms with Gasteiger partial charge in [0.05, 0.1) is 75.6 Å². The number of rotatable bonds is 22. The van der Waals surface area contributed by atoms with Gasteiger partial charge in [0.1, 0.15) is 189 Å². The highest BCUT2D eigenvalue weighted by Gasteiger charge is 2.72. The largest absolute Gasteiger partial charge is 0.432 e. The van der Waals surface area contributed by atoms with Gasteiger partial charge in [-0.3, -0.25) is 4.79 Å². The molecule has 14 aliphatic rings. The lowest BCUT2D eigenvalue weighted by Crippen LogP contribution is -2.67. The molecule has 5 aliphatic carbocycles. The lowest BCUT2D eigenvalue weighted by molar-refractivity contribution is -0.383. The highest BCUT2D eigenvalue weighted by Crippen LogP contribution is 2.76. The quantitative estimate of drug-likeness (QED) is 0.0272. The summed E-state index contributed by atoms with van der Waals surface area (Å²) in [6, 6.07) is 0. The molecule has 9 heterocycles. The Hall–Kier alpha value is -2.47. The Kier molecular flexibility index (Phi) is 30.2. The Bertz CT molecular complexity index is 3650. The fourth-order valence-corrected chi connectivity index (χ4v) is 22.9. The maximum Gasteiger partial charge on any atom is 0.315 e. The normalized spacial score (nSPS) is 55.2. The van der Waals surface area contributed by atoms with Crippen molar-refractivity contribution in [3.63, 3.8) is 0 Å². The van der Waals surface area contributed by atoms with Crippen LogP contribution in [0.5, 0.6) is 0 Å². The number of ether oxygens (including phenoxy) is 18. The zero-order valence-corrected chi connectivity index (χ0v) is 71.8. The molecule has 44 heteroatoms. The third kappa shape index (κ3) is 18.0. The van der Waals surface area contributed by atoms with Crippen molar-refractivity contribution in [3.8, 4) is 0 Å². The van der Waals surface area contributed by atoms with Crippen LogP contribution < -0.4 is 0 Å². The van der Waals surface area contributed by atoms with E-state index in [0.717, 1.165) is 12.0 Å². The minimum absolute atomic E-state index is 0.0101. The zero-order chi connectivity index (χ0) is 91.9. The summed E-state index contributed by atoms with van der Waals surface area (Å²) in [5, 5.41) is 276. The van der Waals surface area contributed by atoms with Crippen LogP contribution in [0.25, 0.3) is 0 Å². The second kappa shape index (κ2) is 38.2. The molecule has 52 atom stereocenters. The van der Waals surface area contributed by atoms with Crippen molar-refractivity contribution in [2.75, 3.05) is 39.6 Å². The van der Waals surface area contributed by atoms with Crippen molar-refractivity contribution in [2.24, 2.45) is 50.2 Å². The van der Waals surface area contributed by atoms with E-state index in [0.29, 0.717) is 38.5 Å². The zero-order valence-electron chi connectivity index (χ0n) is 71.8. The van der Waals surface area contributed by atoms with Crippen LogP contribution in [-0.2, 0) is 90.1 Å². The predicted molar refractivity (Wildman–Crippen MR) is 411 cm³/mol. The molecule has 13 fully saturated rings. The van der Waals surface area contributed by atoms with Gasteiger partial charge in [-0.05, 0) is 123 Å². The molecule has 726 valence electrons. The van der Waals surface area contributed by atoms with Crippen LogP contribution in [0, 0.1) is 50.2 Å². The Morgan fingerprint density at radius 2 is 0.841 bits per heavy atom. The predicted octanol–water partition coefficient (Wildman–Crippen LogP) is -9.58. The lowest BCUT2D eigenvalue weighted by Gasteiger charge is -2.71. The summed E-state index contributed by atoms with van der Waals surface area (Å²) >= 11 is 0. The van der Waals surface area contributed by atoms with Gasteiger partial charge in [-0.15, -0.1) is 0 Å². The number of esters is 1. The summed E-state index contributed by atoms with van der Waals surface area (Å²) in [6.45, 7) is 15.2. The van der Waals surface area contributed by atoms with Crippen LogP contribution in [-0.4, -0.2) is 450 Å². The number of fused-ring (bicyclic) bond motifs is 7. The van der Waals surface area contributed by atoms with Crippen LogP contribution >= 0.6 is 0 Å². The van der Waals surface area contributed by atoms with Crippen molar-refractivity contribution < 1.29 is 218 Å². The summed E-state index contributed by atoms with van der Waals surface area (Å²) in [6.07, 6.45) is -69.1. The van der Waals surface area contributed by atoms with Gasteiger partial charge >= 0.3 is 5.97 Å². The maximum absolute atomic E-state index is 15.5. The highest BCUT2D eigenvalue weighted by molar-refractivity contribution is 5.79. The molecule has 44 nitrogen and oxygen atoms in total. The summed E-state index contributed by atoms with van der Waals surface area (Å²) in [7, 11) is 0. The van der Waals surface area contributed by atoms with E-state index in [1.54, 1.807) is 0 Å². The lowest BCUT2D eigenvalue weighted by atomic mass is 9.33. The van der Waals surface area contributed by atoms with Crippen LogP contribution in [0.15, 0.2) is 11.6 Å². The standard InChI is InChI=1S/C82H134O44/c1-27-42(86)50(94)57(101)67(114-27)110-23-34-46(90)52(96)58(102)68(118-34)111-24-35-47(91)53(97)60(104)72(119-35)120-37-26-113-70(56(100)49(37)93)124-65-44(88)29(3)116-74(63(65)107)125-66-45(89)32(84)22-109-75(66)122-41-14-15-79(8)38(78(41,6)7)13-16-81(10)39(79)12-11-30-31-19-77(4,5)40(85)20-82(31,18-17-80(30,81)9)76(108)126-73-61(105)54(98)48(92)36(121-73)25-112-69-62(106)55(99)64(33(21-83)117-69)123-71-59(103)51(95)43(87)28(2)115-71/h11,27-29,31-75,83-107H,12-26H2,1-10H3. The summed E-state index contributed by atoms with van der Waals surface area (Å²) in [5.41, 5.74) is -2.99. The second-order valence-corrected chi connectivity index (χ2v) is 39.5. The van der Waals surface area contributed by atoms with E-state index in [1.165, 1.54) is 20.8 Å². The first-order valence-electron chi connectivity index (χ1n) is 43.9. The van der Waals surface area contributed by atoms with Crippen molar-refractivity contribution in [3.05, 3.63) is 11.6 Å². The van der Waals surface area contributed by atoms with E-state index in [9.17, 15) is 128 Å². The summed E-state index contributed by atoms with van der Waals surface area (Å²) in [4.78, 5) is 15.5. The fraction of sp³-hybridized carbons (Fsp3) is 0.963. The molecule has 0 amide bonds. The molecule has 9 saturated heterocycles. The molecule has 0 aromatic carbocycles. The monoisotopic (exact) mass is 1820 g/mol. The Morgan fingerprint density at radius 1 is 0.389 bits per heavy atom. The van der Waals surface area contributed by atoms with Gasteiger partial charge in [-0.1, -0.05) is 60.1 Å². The molecule has 0 spiro atoms. The molecule has 0 radical (unpaired) electrons. The van der Waals surface area contributed by atoms with Gasteiger partial charge in [-0.2, -0.15) is 0 Å². The van der Waals surface area contributed by atoms with Crippen molar-refractivity contribution in [2.45, 2.75) is 403 Å². The van der Waals surface area contributed by atoms with Crippen LogP contribution in [0.4, 0.5) is 0 Å². The number of hydrogen-bond donors (Lipinski definition) is 25. The van der Waals surface area contributed by atoms with E-state index >= 15 is 4.79 Å². The first-order chi connectivity index (χ1) is 59.1.